The van der Waals surface area contributed by atoms with Gasteiger partial charge in [0.1, 0.15) is 0 Å². The summed E-state index contributed by atoms with van der Waals surface area (Å²) >= 11 is 0. The van der Waals surface area contributed by atoms with E-state index in [4.69, 9.17) is 10.5 Å². The minimum Gasteiger partial charge on any atom is -0.379 e. The van der Waals surface area contributed by atoms with Crippen LogP contribution in [0.2, 0.25) is 0 Å². The number of amides is 1. The van der Waals surface area contributed by atoms with E-state index < -0.39 is 0 Å². The molecular formula is C14H26N2O2. The van der Waals surface area contributed by atoms with Gasteiger partial charge in [0.05, 0.1) is 12.6 Å². The van der Waals surface area contributed by atoms with Gasteiger partial charge in [0.25, 0.3) is 0 Å². The fraction of sp³-hybridized carbons (Fsp3) is 0.929. The maximum Gasteiger partial charge on any atom is 0.220 e. The molecule has 1 saturated carbocycles. The van der Waals surface area contributed by atoms with Crippen molar-refractivity contribution in [1.82, 2.24) is 5.32 Å². The first-order chi connectivity index (χ1) is 8.74. The molecule has 104 valence electrons. The van der Waals surface area contributed by atoms with Gasteiger partial charge in [0.2, 0.25) is 5.91 Å². The molecule has 4 nitrogen and oxygen atoms in total. The molecule has 1 unspecified atom stereocenters. The van der Waals surface area contributed by atoms with Gasteiger partial charge >= 0.3 is 0 Å². The molecule has 2 rings (SSSR count). The third kappa shape index (κ3) is 3.69. The van der Waals surface area contributed by atoms with Crippen molar-refractivity contribution in [2.75, 3.05) is 19.8 Å². The van der Waals surface area contributed by atoms with Crippen LogP contribution in [0.4, 0.5) is 0 Å². The Morgan fingerprint density at radius 3 is 2.67 bits per heavy atom. The standard InChI is InChI=1S/C14H26N2O2/c15-11-14(6-2-1-3-7-14)9-13(17)16-12-5-4-8-18-10-12/h12H,1-11,15H2,(H,16,17). The fourth-order valence-corrected chi connectivity index (χ4v) is 3.23. The molecule has 1 aliphatic carbocycles. The Morgan fingerprint density at radius 1 is 1.28 bits per heavy atom. The highest BCUT2D eigenvalue weighted by atomic mass is 16.5. The van der Waals surface area contributed by atoms with Gasteiger partial charge in [0.15, 0.2) is 0 Å². The highest BCUT2D eigenvalue weighted by Crippen LogP contribution is 2.38. The number of ether oxygens (including phenoxy) is 1. The Labute approximate surface area is 110 Å². The summed E-state index contributed by atoms with van der Waals surface area (Å²) in [5.74, 6) is 0.165. The first-order valence-electron chi connectivity index (χ1n) is 7.31. The lowest BCUT2D eigenvalue weighted by molar-refractivity contribution is -0.125. The van der Waals surface area contributed by atoms with E-state index in [1.54, 1.807) is 0 Å². The first kappa shape index (κ1) is 13.8. The molecule has 0 bridgehead atoms. The van der Waals surface area contributed by atoms with Crippen molar-refractivity contribution in [2.45, 2.75) is 57.4 Å². The highest BCUT2D eigenvalue weighted by Gasteiger charge is 2.33. The molecule has 1 atom stereocenters. The van der Waals surface area contributed by atoms with Crippen LogP contribution in [0.25, 0.3) is 0 Å². The zero-order chi connectivity index (χ0) is 12.8. The molecule has 0 spiro atoms. The van der Waals surface area contributed by atoms with Crippen LogP contribution in [-0.4, -0.2) is 31.7 Å². The predicted octanol–water partition coefficient (Wildman–Crippen LogP) is 1.58. The maximum atomic E-state index is 12.1. The van der Waals surface area contributed by atoms with E-state index in [1.165, 1.54) is 19.3 Å². The zero-order valence-electron chi connectivity index (χ0n) is 11.2. The van der Waals surface area contributed by atoms with Gasteiger partial charge in [-0.1, -0.05) is 19.3 Å². The average molecular weight is 254 g/mol. The largest absolute Gasteiger partial charge is 0.379 e. The normalized spacial score (nSPS) is 27.7. The lowest BCUT2D eigenvalue weighted by Crippen LogP contribution is -2.44. The quantitative estimate of drug-likeness (QED) is 0.800. The topological polar surface area (TPSA) is 64.4 Å². The van der Waals surface area contributed by atoms with E-state index in [9.17, 15) is 4.79 Å². The van der Waals surface area contributed by atoms with Crippen molar-refractivity contribution in [3.63, 3.8) is 0 Å². The summed E-state index contributed by atoms with van der Waals surface area (Å²) in [6.07, 6.45) is 8.64. The summed E-state index contributed by atoms with van der Waals surface area (Å²) in [6, 6.07) is 0.213. The Hall–Kier alpha value is -0.610. The van der Waals surface area contributed by atoms with E-state index in [0.717, 1.165) is 32.3 Å². The van der Waals surface area contributed by atoms with Crippen LogP contribution in [0.1, 0.15) is 51.4 Å². The van der Waals surface area contributed by atoms with E-state index in [0.29, 0.717) is 19.6 Å². The van der Waals surface area contributed by atoms with Crippen molar-refractivity contribution < 1.29 is 9.53 Å². The summed E-state index contributed by atoms with van der Waals surface area (Å²) in [5, 5.41) is 3.11. The van der Waals surface area contributed by atoms with Crippen LogP contribution in [0.5, 0.6) is 0 Å². The number of rotatable bonds is 4. The minimum atomic E-state index is 0.0673. The van der Waals surface area contributed by atoms with Gasteiger partial charge in [-0.2, -0.15) is 0 Å². The van der Waals surface area contributed by atoms with E-state index in [-0.39, 0.29) is 17.4 Å². The second-order valence-electron chi connectivity index (χ2n) is 5.92. The fourth-order valence-electron chi connectivity index (χ4n) is 3.23. The Kier molecular flexibility index (Phi) is 5.01. The van der Waals surface area contributed by atoms with Crippen LogP contribution in [0, 0.1) is 5.41 Å². The highest BCUT2D eigenvalue weighted by molar-refractivity contribution is 5.77. The van der Waals surface area contributed by atoms with E-state index in [1.807, 2.05) is 0 Å². The van der Waals surface area contributed by atoms with Gasteiger partial charge < -0.3 is 15.8 Å². The first-order valence-corrected chi connectivity index (χ1v) is 7.31. The molecule has 2 aliphatic rings. The molecule has 1 saturated heterocycles. The van der Waals surface area contributed by atoms with Crippen LogP contribution >= 0.6 is 0 Å². The van der Waals surface area contributed by atoms with Crippen molar-refractivity contribution in [3.8, 4) is 0 Å². The van der Waals surface area contributed by atoms with E-state index >= 15 is 0 Å². The Balaban J connectivity index is 1.81. The third-order valence-electron chi connectivity index (χ3n) is 4.41. The number of carbonyl (C=O) groups excluding carboxylic acids is 1. The van der Waals surface area contributed by atoms with Crippen LogP contribution < -0.4 is 11.1 Å². The molecule has 3 N–H and O–H groups in total. The molecule has 0 aromatic rings. The van der Waals surface area contributed by atoms with Crippen molar-refractivity contribution >= 4 is 5.91 Å². The van der Waals surface area contributed by atoms with Crippen LogP contribution in [0.15, 0.2) is 0 Å². The summed E-state index contributed by atoms with van der Waals surface area (Å²) < 4.78 is 5.39. The molecule has 1 amide bonds. The molecule has 0 aromatic carbocycles. The van der Waals surface area contributed by atoms with Gasteiger partial charge in [-0.3, -0.25) is 4.79 Å². The Morgan fingerprint density at radius 2 is 2.06 bits per heavy atom. The molecule has 0 aromatic heterocycles. The molecule has 2 fully saturated rings. The average Bonchev–Trinajstić information content (AvgIpc) is 2.41. The molecule has 1 heterocycles. The summed E-state index contributed by atoms with van der Waals surface area (Å²) in [6.45, 7) is 2.14. The minimum absolute atomic E-state index is 0.0673. The lowest BCUT2D eigenvalue weighted by Gasteiger charge is -2.36. The molecule has 0 radical (unpaired) electrons. The number of carbonyl (C=O) groups is 1. The second-order valence-corrected chi connectivity index (χ2v) is 5.92. The summed E-state index contributed by atoms with van der Waals surface area (Å²) in [5.41, 5.74) is 5.98. The Bertz CT molecular complexity index is 269. The second kappa shape index (κ2) is 6.53. The summed E-state index contributed by atoms with van der Waals surface area (Å²) in [7, 11) is 0. The van der Waals surface area contributed by atoms with Gasteiger partial charge in [-0.05, 0) is 37.6 Å². The van der Waals surface area contributed by atoms with Gasteiger partial charge in [-0.15, -0.1) is 0 Å². The van der Waals surface area contributed by atoms with E-state index in [2.05, 4.69) is 5.32 Å². The van der Waals surface area contributed by atoms with Crippen molar-refractivity contribution in [3.05, 3.63) is 0 Å². The number of nitrogens with two attached hydrogens (primary N) is 1. The third-order valence-corrected chi connectivity index (χ3v) is 4.41. The van der Waals surface area contributed by atoms with Crippen molar-refractivity contribution in [1.29, 1.82) is 0 Å². The van der Waals surface area contributed by atoms with Gasteiger partial charge in [-0.25, -0.2) is 0 Å². The molecule has 18 heavy (non-hydrogen) atoms. The van der Waals surface area contributed by atoms with Crippen LogP contribution in [0.3, 0.4) is 0 Å². The number of hydrogen-bond acceptors (Lipinski definition) is 3. The molecule has 4 heteroatoms. The maximum absolute atomic E-state index is 12.1. The molecule has 1 aliphatic heterocycles. The monoisotopic (exact) mass is 254 g/mol. The van der Waals surface area contributed by atoms with Crippen molar-refractivity contribution in [2.24, 2.45) is 11.1 Å². The predicted molar refractivity (Wildman–Crippen MR) is 71.2 cm³/mol. The smallest absolute Gasteiger partial charge is 0.220 e. The SMILES string of the molecule is NCC1(CC(=O)NC2CCCOC2)CCCCC1. The van der Waals surface area contributed by atoms with Gasteiger partial charge in [0, 0.05) is 13.0 Å². The van der Waals surface area contributed by atoms with Crippen LogP contribution in [-0.2, 0) is 9.53 Å². The molecular weight excluding hydrogens is 228 g/mol. The summed E-state index contributed by atoms with van der Waals surface area (Å²) in [4.78, 5) is 12.1. The number of nitrogens with one attached hydrogen (secondary N) is 1. The lowest BCUT2D eigenvalue weighted by atomic mass is 9.71. The zero-order valence-corrected chi connectivity index (χ0v) is 11.2. The number of hydrogen-bond donors (Lipinski definition) is 2.